The zero-order valence-electron chi connectivity index (χ0n) is 13.3. The molecule has 0 amide bonds. The third-order valence-electron chi connectivity index (χ3n) is 4.22. The molecule has 0 saturated heterocycles. The molecular formula is C17H22N2O4. The van der Waals surface area contributed by atoms with Crippen LogP contribution in [0.15, 0.2) is 30.9 Å². The quantitative estimate of drug-likeness (QED) is 0.372. The Morgan fingerprint density at radius 1 is 1.48 bits per heavy atom. The number of hydrogen-bond donors (Lipinski definition) is 1. The SMILES string of the molecule is C=CCOC(=O)c1cc([N+](=O)[O-])ccc1N[C@H]1CCCC[C@@H]1C. The fourth-order valence-electron chi connectivity index (χ4n) is 2.88. The first kappa shape index (κ1) is 17.0. The van der Waals surface area contributed by atoms with Crippen molar-refractivity contribution >= 4 is 17.3 Å². The van der Waals surface area contributed by atoms with Crippen molar-refractivity contribution in [2.24, 2.45) is 5.92 Å². The van der Waals surface area contributed by atoms with E-state index in [2.05, 4.69) is 18.8 Å². The van der Waals surface area contributed by atoms with E-state index in [9.17, 15) is 14.9 Å². The molecule has 2 atom stereocenters. The second kappa shape index (κ2) is 7.76. The molecule has 1 fully saturated rings. The van der Waals surface area contributed by atoms with Gasteiger partial charge in [0.1, 0.15) is 6.61 Å². The lowest BCUT2D eigenvalue weighted by atomic mass is 9.85. The largest absolute Gasteiger partial charge is 0.458 e. The summed E-state index contributed by atoms with van der Waals surface area (Å²) in [5.41, 5.74) is 0.653. The average molecular weight is 318 g/mol. The zero-order valence-corrected chi connectivity index (χ0v) is 13.3. The van der Waals surface area contributed by atoms with Crippen LogP contribution in [-0.4, -0.2) is 23.5 Å². The van der Waals surface area contributed by atoms with Crippen molar-refractivity contribution in [1.82, 2.24) is 0 Å². The van der Waals surface area contributed by atoms with Crippen LogP contribution in [0.4, 0.5) is 11.4 Å². The lowest BCUT2D eigenvalue weighted by Crippen LogP contribution is -2.31. The van der Waals surface area contributed by atoms with E-state index in [1.807, 2.05) is 0 Å². The number of rotatable bonds is 6. The van der Waals surface area contributed by atoms with Crippen LogP contribution >= 0.6 is 0 Å². The smallest absolute Gasteiger partial charge is 0.340 e. The highest BCUT2D eigenvalue weighted by Gasteiger charge is 2.24. The number of carbonyl (C=O) groups is 1. The van der Waals surface area contributed by atoms with Crippen molar-refractivity contribution in [1.29, 1.82) is 0 Å². The van der Waals surface area contributed by atoms with Gasteiger partial charge in [-0.25, -0.2) is 4.79 Å². The van der Waals surface area contributed by atoms with Crippen molar-refractivity contribution in [2.45, 2.75) is 38.6 Å². The molecule has 0 heterocycles. The van der Waals surface area contributed by atoms with Crippen LogP contribution in [-0.2, 0) is 4.74 Å². The Morgan fingerprint density at radius 3 is 2.87 bits per heavy atom. The number of benzene rings is 1. The Bertz CT molecular complexity index is 600. The molecule has 124 valence electrons. The highest BCUT2D eigenvalue weighted by molar-refractivity contribution is 5.96. The van der Waals surface area contributed by atoms with E-state index < -0.39 is 10.9 Å². The van der Waals surface area contributed by atoms with Crippen LogP contribution in [0.1, 0.15) is 43.0 Å². The van der Waals surface area contributed by atoms with E-state index in [-0.39, 0.29) is 23.9 Å². The van der Waals surface area contributed by atoms with Gasteiger partial charge in [-0.2, -0.15) is 0 Å². The van der Waals surface area contributed by atoms with Gasteiger partial charge >= 0.3 is 5.97 Å². The van der Waals surface area contributed by atoms with Gasteiger partial charge in [0.15, 0.2) is 0 Å². The van der Waals surface area contributed by atoms with Crippen LogP contribution < -0.4 is 5.32 Å². The van der Waals surface area contributed by atoms with Gasteiger partial charge in [0.2, 0.25) is 0 Å². The number of hydrogen-bond acceptors (Lipinski definition) is 5. The lowest BCUT2D eigenvalue weighted by Gasteiger charge is -2.30. The standard InChI is InChI=1S/C17H22N2O4/c1-3-10-23-17(20)14-11-13(19(21)22)8-9-16(14)18-15-7-5-4-6-12(15)2/h3,8-9,11-12,15,18H,1,4-7,10H2,2H3/t12-,15-/m0/s1. The van der Waals surface area contributed by atoms with Crippen molar-refractivity contribution in [3.05, 3.63) is 46.5 Å². The van der Waals surface area contributed by atoms with Gasteiger partial charge in [0.05, 0.1) is 10.5 Å². The number of anilines is 1. The highest BCUT2D eigenvalue weighted by Crippen LogP contribution is 2.30. The molecule has 1 aromatic rings. The fraction of sp³-hybridized carbons (Fsp3) is 0.471. The molecule has 1 N–H and O–H groups in total. The summed E-state index contributed by atoms with van der Waals surface area (Å²) in [4.78, 5) is 22.6. The summed E-state index contributed by atoms with van der Waals surface area (Å²) in [5, 5.41) is 14.3. The first-order valence-corrected chi connectivity index (χ1v) is 7.86. The van der Waals surface area contributed by atoms with E-state index in [4.69, 9.17) is 4.74 Å². The maximum atomic E-state index is 12.2. The number of esters is 1. The topological polar surface area (TPSA) is 81.5 Å². The Kier molecular flexibility index (Phi) is 5.73. The van der Waals surface area contributed by atoms with Crippen molar-refractivity contribution < 1.29 is 14.5 Å². The minimum absolute atomic E-state index is 0.0702. The molecule has 0 aromatic heterocycles. The van der Waals surface area contributed by atoms with E-state index in [1.165, 1.54) is 24.6 Å². The Morgan fingerprint density at radius 2 is 2.22 bits per heavy atom. The van der Waals surface area contributed by atoms with Crippen LogP contribution in [0.25, 0.3) is 0 Å². The normalized spacial score (nSPS) is 20.6. The fourth-order valence-corrected chi connectivity index (χ4v) is 2.88. The van der Waals surface area contributed by atoms with Gasteiger partial charge < -0.3 is 10.1 Å². The highest BCUT2D eigenvalue weighted by atomic mass is 16.6. The number of nitrogens with one attached hydrogen (secondary N) is 1. The molecule has 0 unspecified atom stereocenters. The first-order valence-electron chi connectivity index (χ1n) is 7.86. The first-order chi connectivity index (χ1) is 11.0. The maximum absolute atomic E-state index is 12.2. The molecule has 23 heavy (non-hydrogen) atoms. The summed E-state index contributed by atoms with van der Waals surface area (Å²) >= 11 is 0. The number of non-ortho nitro benzene ring substituents is 1. The number of nitro groups is 1. The lowest BCUT2D eigenvalue weighted by molar-refractivity contribution is -0.384. The van der Waals surface area contributed by atoms with Gasteiger partial charge in [-0.1, -0.05) is 32.4 Å². The van der Waals surface area contributed by atoms with Crippen LogP contribution in [0, 0.1) is 16.0 Å². The van der Waals surface area contributed by atoms with Gasteiger partial charge in [-0.05, 0) is 24.8 Å². The molecule has 0 radical (unpaired) electrons. The van der Waals surface area contributed by atoms with Gasteiger partial charge in [0, 0.05) is 23.9 Å². The minimum Gasteiger partial charge on any atom is -0.458 e. The van der Waals surface area contributed by atoms with E-state index in [0.717, 1.165) is 19.3 Å². The monoisotopic (exact) mass is 318 g/mol. The molecule has 6 heteroatoms. The van der Waals surface area contributed by atoms with Crippen LogP contribution in [0.2, 0.25) is 0 Å². The Labute approximate surface area is 135 Å². The average Bonchev–Trinajstić information content (AvgIpc) is 2.54. The summed E-state index contributed by atoms with van der Waals surface area (Å²) in [6.45, 7) is 5.75. The summed E-state index contributed by atoms with van der Waals surface area (Å²) in [6.07, 6.45) is 5.99. The summed E-state index contributed by atoms with van der Waals surface area (Å²) in [5.74, 6) is -0.0875. The van der Waals surface area contributed by atoms with Gasteiger partial charge in [-0.15, -0.1) is 0 Å². The van der Waals surface area contributed by atoms with E-state index >= 15 is 0 Å². The Balaban J connectivity index is 2.27. The number of carbonyl (C=O) groups excluding carboxylic acids is 1. The summed E-state index contributed by atoms with van der Waals surface area (Å²) in [6, 6.07) is 4.52. The molecule has 6 nitrogen and oxygen atoms in total. The van der Waals surface area contributed by atoms with Crippen molar-refractivity contribution in [3.63, 3.8) is 0 Å². The van der Waals surface area contributed by atoms with Gasteiger partial charge in [0.25, 0.3) is 5.69 Å². The van der Waals surface area contributed by atoms with Crippen LogP contribution in [0.5, 0.6) is 0 Å². The van der Waals surface area contributed by atoms with E-state index in [1.54, 1.807) is 6.07 Å². The minimum atomic E-state index is -0.584. The zero-order chi connectivity index (χ0) is 16.8. The third-order valence-corrected chi connectivity index (χ3v) is 4.22. The molecule has 1 aliphatic carbocycles. The number of nitro benzene ring substituents is 1. The molecular weight excluding hydrogens is 296 g/mol. The molecule has 0 aliphatic heterocycles. The number of nitrogens with zero attached hydrogens (tertiary/aromatic N) is 1. The molecule has 2 rings (SSSR count). The second-order valence-electron chi connectivity index (χ2n) is 5.89. The number of ether oxygens (including phenoxy) is 1. The molecule has 1 aromatic carbocycles. The predicted octanol–water partition coefficient (Wildman–Crippen LogP) is 3.93. The summed E-state index contributed by atoms with van der Waals surface area (Å²) < 4.78 is 5.05. The van der Waals surface area contributed by atoms with Gasteiger partial charge in [-0.3, -0.25) is 10.1 Å². The maximum Gasteiger partial charge on any atom is 0.340 e. The van der Waals surface area contributed by atoms with Crippen molar-refractivity contribution in [2.75, 3.05) is 11.9 Å². The predicted molar refractivity (Wildman–Crippen MR) is 88.6 cm³/mol. The van der Waals surface area contributed by atoms with E-state index in [0.29, 0.717) is 11.6 Å². The molecule has 1 saturated carbocycles. The summed E-state index contributed by atoms with van der Waals surface area (Å²) in [7, 11) is 0. The molecule has 0 bridgehead atoms. The van der Waals surface area contributed by atoms with Crippen molar-refractivity contribution in [3.8, 4) is 0 Å². The third kappa shape index (κ3) is 4.31. The molecule has 0 spiro atoms. The second-order valence-corrected chi connectivity index (χ2v) is 5.89. The van der Waals surface area contributed by atoms with Crippen LogP contribution in [0.3, 0.4) is 0 Å². The Hall–Kier alpha value is -2.37. The molecule has 1 aliphatic rings.